The Morgan fingerprint density at radius 2 is 2.50 bits per heavy atom. The molecule has 4 heteroatoms. The predicted molar refractivity (Wildman–Crippen MR) is 45.7 cm³/mol. The first-order chi connectivity index (χ1) is 5.75. The monoisotopic (exact) mass is 172 g/mol. The molecular weight excluding hydrogens is 156 g/mol. The minimum absolute atomic E-state index is 0.141. The molecule has 0 aromatic heterocycles. The lowest BCUT2D eigenvalue weighted by atomic mass is 10.0. The third-order valence-electron chi connectivity index (χ3n) is 2.12. The minimum atomic E-state index is 0.141. The molecule has 1 fully saturated rings. The molecule has 0 aromatic rings. The van der Waals surface area contributed by atoms with E-state index in [1.165, 1.54) is 0 Å². The van der Waals surface area contributed by atoms with Crippen LogP contribution in [-0.2, 0) is 9.53 Å². The Bertz CT molecular complexity index is 161. The Hall–Kier alpha value is -0.610. The number of ether oxygens (including phenoxy) is 1. The van der Waals surface area contributed by atoms with Crippen LogP contribution in [0.3, 0.4) is 0 Å². The van der Waals surface area contributed by atoms with Crippen LogP contribution in [0, 0.1) is 0 Å². The van der Waals surface area contributed by atoms with Crippen LogP contribution in [0.1, 0.15) is 13.3 Å². The zero-order valence-electron chi connectivity index (χ0n) is 7.45. The molecule has 0 bridgehead atoms. The van der Waals surface area contributed by atoms with Gasteiger partial charge in [0.1, 0.15) is 0 Å². The maximum Gasteiger partial charge on any atom is 0.219 e. The van der Waals surface area contributed by atoms with Gasteiger partial charge in [-0.2, -0.15) is 0 Å². The maximum atomic E-state index is 10.9. The van der Waals surface area contributed by atoms with E-state index in [0.29, 0.717) is 25.8 Å². The summed E-state index contributed by atoms with van der Waals surface area (Å²) in [6.45, 7) is 4.24. The van der Waals surface area contributed by atoms with Gasteiger partial charge in [0.25, 0.3) is 0 Å². The number of rotatable bonds is 4. The summed E-state index contributed by atoms with van der Waals surface area (Å²) < 4.78 is 5.25. The molecule has 4 nitrogen and oxygen atoms in total. The quantitative estimate of drug-likeness (QED) is 0.586. The predicted octanol–water partition coefficient (Wildman–Crippen LogP) is -0.417. The van der Waals surface area contributed by atoms with Crippen molar-refractivity contribution in [1.29, 1.82) is 0 Å². The standard InChI is InChI=1S/C8H16N2O2/c1-7(11)10-4-2-8(10)6-12-5-3-9/h8H,2-6,9H2,1H3. The van der Waals surface area contributed by atoms with E-state index in [4.69, 9.17) is 10.5 Å². The van der Waals surface area contributed by atoms with Gasteiger partial charge in [0.05, 0.1) is 19.3 Å². The van der Waals surface area contributed by atoms with Crippen molar-refractivity contribution < 1.29 is 9.53 Å². The van der Waals surface area contributed by atoms with Crippen LogP contribution in [0.5, 0.6) is 0 Å². The van der Waals surface area contributed by atoms with E-state index in [1.54, 1.807) is 6.92 Å². The van der Waals surface area contributed by atoms with E-state index in [2.05, 4.69) is 0 Å². The molecule has 0 aromatic carbocycles. The normalized spacial score (nSPS) is 22.2. The lowest BCUT2D eigenvalue weighted by Crippen LogP contribution is -2.52. The molecule has 0 saturated carbocycles. The molecule has 1 saturated heterocycles. The van der Waals surface area contributed by atoms with Crippen molar-refractivity contribution in [3.05, 3.63) is 0 Å². The van der Waals surface area contributed by atoms with Gasteiger partial charge in [-0.1, -0.05) is 0 Å². The molecule has 0 spiro atoms. The van der Waals surface area contributed by atoms with Crippen molar-refractivity contribution in [3.8, 4) is 0 Å². The topological polar surface area (TPSA) is 55.6 Å². The maximum absolute atomic E-state index is 10.9. The van der Waals surface area contributed by atoms with Crippen LogP contribution < -0.4 is 5.73 Å². The summed E-state index contributed by atoms with van der Waals surface area (Å²) in [6, 6.07) is 0.300. The fourth-order valence-corrected chi connectivity index (χ4v) is 1.33. The number of likely N-dealkylation sites (tertiary alicyclic amines) is 1. The molecule has 1 amide bonds. The Morgan fingerprint density at radius 1 is 1.75 bits per heavy atom. The van der Waals surface area contributed by atoms with Gasteiger partial charge in [-0.3, -0.25) is 4.79 Å². The summed E-state index contributed by atoms with van der Waals surface area (Å²) in [5.41, 5.74) is 5.26. The lowest BCUT2D eigenvalue weighted by molar-refractivity contribution is -0.138. The fourth-order valence-electron chi connectivity index (χ4n) is 1.33. The summed E-state index contributed by atoms with van der Waals surface area (Å²) in [5.74, 6) is 0.141. The Morgan fingerprint density at radius 3 is 2.92 bits per heavy atom. The van der Waals surface area contributed by atoms with E-state index in [1.807, 2.05) is 4.90 Å². The molecule has 0 radical (unpaired) electrons. The smallest absolute Gasteiger partial charge is 0.219 e. The van der Waals surface area contributed by atoms with Gasteiger partial charge < -0.3 is 15.4 Å². The number of amides is 1. The van der Waals surface area contributed by atoms with Gasteiger partial charge >= 0.3 is 0 Å². The van der Waals surface area contributed by atoms with Gasteiger partial charge in [0.15, 0.2) is 0 Å². The molecule has 12 heavy (non-hydrogen) atoms. The number of nitrogens with zero attached hydrogens (tertiary/aromatic N) is 1. The van der Waals surface area contributed by atoms with Crippen molar-refractivity contribution in [2.75, 3.05) is 26.3 Å². The van der Waals surface area contributed by atoms with Crippen molar-refractivity contribution >= 4 is 5.91 Å². The number of hydrogen-bond donors (Lipinski definition) is 1. The lowest BCUT2D eigenvalue weighted by Gasteiger charge is -2.40. The van der Waals surface area contributed by atoms with E-state index < -0.39 is 0 Å². The molecule has 1 aliphatic rings. The zero-order valence-corrected chi connectivity index (χ0v) is 7.45. The molecule has 1 aliphatic heterocycles. The average molecular weight is 172 g/mol. The fraction of sp³-hybridized carbons (Fsp3) is 0.875. The highest BCUT2D eigenvalue weighted by Gasteiger charge is 2.29. The molecule has 1 unspecified atom stereocenters. The van der Waals surface area contributed by atoms with Crippen molar-refractivity contribution in [1.82, 2.24) is 4.90 Å². The minimum Gasteiger partial charge on any atom is -0.378 e. The highest BCUT2D eigenvalue weighted by molar-refractivity contribution is 5.74. The Kier molecular flexibility index (Phi) is 3.49. The number of hydrogen-bond acceptors (Lipinski definition) is 3. The average Bonchev–Trinajstić information content (AvgIpc) is 1.94. The van der Waals surface area contributed by atoms with Crippen molar-refractivity contribution in [3.63, 3.8) is 0 Å². The molecule has 1 heterocycles. The van der Waals surface area contributed by atoms with Gasteiger partial charge in [-0.25, -0.2) is 0 Å². The molecule has 0 aliphatic carbocycles. The van der Waals surface area contributed by atoms with E-state index >= 15 is 0 Å². The van der Waals surface area contributed by atoms with Crippen LogP contribution in [0.25, 0.3) is 0 Å². The summed E-state index contributed by atoms with van der Waals surface area (Å²) in [5, 5.41) is 0. The van der Waals surface area contributed by atoms with Crippen LogP contribution in [0.4, 0.5) is 0 Å². The van der Waals surface area contributed by atoms with Crippen LogP contribution >= 0.6 is 0 Å². The highest BCUT2D eigenvalue weighted by atomic mass is 16.5. The molecule has 1 rings (SSSR count). The van der Waals surface area contributed by atoms with Gasteiger partial charge in [-0.15, -0.1) is 0 Å². The zero-order chi connectivity index (χ0) is 8.97. The molecular formula is C8H16N2O2. The molecule has 1 atom stereocenters. The first kappa shape index (κ1) is 9.48. The second-order valence-corrected chi connectivity index (χ2v) is 3.02. The van der Waals surface area contributed by atoms with Crippen molar-refractivity contribution in [2.24, 2.45) is 5.73 Å². The Labute approximate surface area is 72.7 Å². The van der Waals surface area contributed by atoms with Crippen LogP contribution in [0.2, 0.25) is 0 Å². The number of carbonyl (C=O) groups excluding carboxylic acids is 1. The van der Waals surface area contributed by atoms with E-state index in [9.17, 15) is 4.79 Å². The summed E-state index contributed by atoms with van der Waals surface area (Å²) >= 11 is 0. The van der Waals surface area contributed by atoms with Crippen molar-refractivity contribution in [2.45, 2.75) is 19.4 Å². The second kappa shape index (κ2) is 4.42. The first-order valence-corrected chi connectivity index (χ1v) is 4.30. The van der Waals surface area contributed by atoms with E-state index in [-0.39, 0.29) is 5.91 Å². The highest BCUT2D eigenvalue weighted by Crippen LogP contribution is 2.17. The van der Waals surface area contributed by atoms with Gasteiger partial charge in [0, 0.05) is 20.0 Å². The second-order valence-electron chi connectivity index (χ2n) is 3.02. The van der Waals surface area contributed by atoms with Crippen LogP contribution in [-0.4, -0.2) is 43.2 Å². The van der Waals surface area contributed by atoms with Crippen LogP contribution in [0.15, 0.2) is 0 Å². The van der Waals surface area contributed by atoms with E-state index in [0.717, 1.165) is 13.0 Å². The number of carbonyl (C=O) groups is 1. The van der Waals surface area contributed by atoms with Gasteiger partial charge in [-0.05, 0) is 6.42 Å². The summed E-state index contributed by atoms with van der Waals surface area (Å²) in [6.07, 6.45) is 1.06. The first-order valence-electron chi connectivity index (χ1n) is 4.30. The summed E-state index contributed by atoms with van der Waals surface area (Å²) in [7, 11) is 0. The SMILES string of the molecule is CC(=O)N1CCC1COCCN. The number of nitrogens with two attached hydrogens (primary N) is 1. The largest absolute Gasteiger partial charge is 0.378 e. The molecule has 70 valence electrons. The third-order valence-corrected chi connectivity index (χ3v) is 2.12. The molecule has 2 N–H and O–H groups in total. The van der Waals surface area contributed by atoms with Gasteiger partial charge in [0.2, 0.25) is 5.91 Å². The third kappa shape index (κ3) is 2.19. The summed E-state index contributed by atoms with van der Waals surface area (Å²) in [4.78, 5) is 12.7. The Balaban J connectivity index is 2.12.